The lowest BCUT2D eigenvalue weighted by Gasteiger charge is -2.25. The van der Waals surface area contributed by atoms with Gasteiger partial charge in [0.05, 0.1) is 20.2 Å². The highest BCUT2D eigenvalue weighted by Gasteiger charge is 2.23. The third kappa shape index (κ3) is 4.55. The van der Waals surface area contributed by atoms with Crippen molar-refractivity contribution in [2.24, 2.45) is 4.99 Å². The maximum atomic E-state index is 10.3. The van der Waals surface area contributed by atoms with Crippen LogP contribution in [0.15, 0.2) is 23.2 Å². The predicted molar refractivity (Wildman–Crippen MR) is 109 cm³/mol. The molecule has 0 spiro atoms. The van der Waals surface area contributed by atoms with Gasteiger partial charge in [-0.15, -0.1) is 0 Å². The summed E-state index contributed by atoms with van der Waals surface area (Å²) in [6.07, 6.45) is 1.87. The van der Waals surface area contributed by atoms with Crippen molar-refractivity contribution >= 4 is 5.96 Å². The van der Waals surface area contributed by atoms with Crippen LogP contribution < -0.4 is 15.4 Å². The van der Waals surface area contributed by atoms with Crippen LogP contribution in [-0.4, -0.2) is 45.5 Å². The van der Waals surface area contributed by atoms with Gasteiger partial charge in [0.1, 0.15) is 5.82 Å². The van der Waals surface area contributed by atoms with E-state index in [0.717, 1.165) is 49.1 Å². The van der Waals surface area contributed by atoms with Gasteiger partial charge >= 0.3 is 0 Å². The van der Waals surface area contributed by atoms with Gasteiger partial charge in [0.25, 0.3) is 0 Å². The summed E-state index contributed by atoms with van der Waals surface area (Å²) >= 11 is 0. The normalized spacial score (nSPS) is 16.8. The first-order chi connectivity index (χ1) is 13.5. The number of phenolic OH excluding ortho intramolecular Hbond substituents is 1. The van der Waals surface area contributed by atoms with Crippen molar-refractivity contribution < 1.29 is 9.84 Å². The SMILES string of the molecule is CCNC(=NCc1cccc(OC)c1O)NC1CCc2nc(C(C)C)nn2C1. The largest absolute Gasteiger partial charge is 0.504 e. The maximum Gasteiger partial charge on any atom is 0.191 e. The lowest BCUT2D eigenvalue weighted by molar-refractivity contribution is 0.370. The van der Waals surface area contributed by atoms with E-state index in [-0.39, 0.29) is 11.8 Å². The van der Waals surface area contributed by atoms with Crippen LogP contribution in [0.25, 0.3) is 0 Å². The number of aryl methyl sites for hydroxylation is 1. The van der Waals surface area contributed by atoms with E-state index in [2.05, 4.69) is 39.6 Å². The number of fused-ring (bicyclic) bond motifs is 1. The van der Waals surface area contributed by atoms with Crippen LogP contribution in [0.2, 0.25) is 0 Å². The molecule has 0 amide bonds. The molecular formula is C20H30N6O2. The Morgan fingerprint density at radius 2 is 2.25 bits per heavy atom. The van der Waals surface area contributed by atoms with Crippen LogP contribution in [0, 0.1) is 0 Å². The molecule has 1 aliphatic heterocycles. The number of nitrogens with zero attached hydrogens (tertiary/aromatic N) is 4. The third-order valence-electron chi connectivity index (χ3n) is 4.79. The molecule has 0 saturated carbocycles. The van der Waals surface area contributed by atoms with Crippen LogP contribution in [0.5, 0.6) is 11.5 Å². The fraction of sp³-hybridized carbons (Fsp3) is 0.550. The summed E-state index contributed by atoms with van der Waals surface area (Å²) in [7, 11) is 1.54. The van der Waals surface area contributed by atoms with Gasteiger partial charge < -0.3 is 20.5 Å². The molecule has 1 aliphatic rings. The first-order valence-electron chi connectivity index (χ1n) is 9.85. The number of guanidine groups is 1. The smallest absolute Gasteiger partial charge is 0.191 e. The van der Waals surface area contributed by atoms with E-state index < -0.39 is 0 Å². The quantitative estimate of drug-likeness (QED) is 0.520. The minimum atomic E-state index is 0.135. The minimum Gasteiger partial charge on any atom is -0.504 e. The van der Waals surface area contributed by atoms with E-state index >= 15 is 0 Å². The molecule has 2 heterocycles. The zero-order valence-corrected chi connectivity index (χ0v) is 17.1. The number of aromatic hydroxyl groups is 1. The Bertz CT molecular complexity index is 830. The van der Waals surface area contributed by atoms with Gasteiger partial charge in [0.2, 0.25) is 0 Å². The third-order valence-corrected chi connectivity index (χ3v) is 4.79. The van der Waals surface area contributed by atoms with Gasteiger partial charge in [0, 0.05) is 30.5 Å². The lowest BCUT2D eigenvalue weighted by Crippen LogP contribution is -2.47. The van der Waals surface area contributed by atoms with Crippen LogP contribution in [0.1, 0.15) is 50.3 Å². The van der Waals surface area contributed by atoms with Crippen LogP contribution in [-0.2, 0) is 19.5 Å². The molecular weight excluding hydrogens is 356 g/mol. The standard InChI is InChI=1S/C20H30N6O2/c1-5-21-20(22-11-14-7-6-8-16(28-4)18(14)27)23-15-9-10-17-24-19(13(2)3)25-26(17)12-15/h6-8,13,15,27H,5,9-12H2,1-4H3,(H2,21,22,23). The van der Waals surface area contributed by atoms with Crippen molar-refractivity contribution in [3.8, 4) is 11.5 Å². The molecule has 3 rings (SSSR count). The number of aromatic nitrogens is 3. The Hall–Kier alpha value is -2.77. The van der Waals surface area contributed by atoms with E-state index in [1.807, 2.05) is 23.7 Å². The van der Waals surface area contributed by atoms with Gasteiger partial charge in [0.15, 0.2) is 23.3 Å². The van der Waals surface area contributed by atoms with Crippen molar-refractivity contribution in [2.75, 3.05) is 13.7 Å². The lowest BCUT2D eigenvalue weighted by atomic mass is 10.1. The van der Waals surface area contributed by atoms with Gasteiger partial charge in [-0.2, -0.15) is 5.10 Å². The summed E-state index contributed by atoms with van der Waals surface area (Å²) in [5.41, 5.74) is 0.723. The second kappa shape index (κ2) is 8.95. The molecule has 0 fully saturated rings. The molecule has 8 heteroatoms. The molecule has 28 heavy (non-hydrogen) atoms. The summed E-state index contributed by atoms with van der Waals surface area (Å²) in [4.78, 5) is 9.28. The molecule has 2 aromatic rings. The average Bonchev–Trinajstić information content (AvgIpc) is 3.11. The van der Waals surface area contributed by atoms with Crippen LogP contribution in [0.4, 0.5) is 0 Å². The highest BCUT2D eigenvalue weighted by molar-refractivity contribution is 5.80. The van der Waals surface area contributed by atoms with Gasteiger partial charge in [-0.25, -0.2) is 14.7 Å². The summed E-state index contributed by atoms with van der Waals surface area (Å²) < 4.78 is 7.18. The number of hydrogen-bond donors (Lipinski definition) is 3. The maximum absolute atomic E-state index is 10.3. The summed E-state index contributed by atoms with van der Waals surface area (Å²) in [5.74, 6) is 3.62. The molecule has 0 bridgehead atoms. The van der Waals surface area contributed by atoms with Crippen molar-refractivity contribution in [1.82, 2.24) is 25.4 Å². The fourth-order valence-corrected chi connectivity index (χ4v) is 3.23. The molecule has 8 nitrogen and oxygen atoms in total. The Morgan fingerprint density at radius 1 is 1.43 bits per heavy atom. The monoisotopic (exact) mass is 386 g/mol. The number of ether oxygens (including phenoxy) is 1. The Morgan fingerprint density at radius 3 is 2.96 bits per heavy atom. The molecule has 1 atom stereocenters. The number of rotatable bonds is 6. The van der Waals surface area contributed by atoms with Crippen LogP contribution >= 0.6 is 0 Å². The minimum absolute atomic E-state index is 0.135. The summed E-state index contributed by atoms with van der Waals surface area (Å²) in [6.45, 7) is 8.14. The highest BCUT2D eigenvalue weighted by Crippen LogP contribution is 2.29. The molecule has 3 N–H and O–H groups in total. The number of benzene rings is 1. The van der Waals surface area contributed by atoms with E-state index in [1.54, 1.807) is 13.2 Å². The highest BCUT2D eigenvalue weighted by atomic mass is 16.5. The van der Waals surface area contributed by atoms with Crippen molar-refractivity contribution in [2.45, 2.75) is 58.7 Å². The van der Waals surface area contributed by atoms with E-state index in [1.165, 1.54) is 0 Å². The summed E-state index contributed by atoms with van der Waals surface area (Å²) in [6, 6.07) is 5.66. The Kier molecular flexibility index (Phi) is 6.38. The van der Waals surface area contributed by atoms with E-state index in [0.29, 0.717) is 18.2 Å². The Balaban J connectivity index is 1.68. The average molecular weight is 387 g/mol. The van der Waals surface area contributed by atoms with E-state index in [4.69, 9.17) is 4.74 Å². The molecule has 0 radical (unpaired) electrons. The second-order valence-electron chi connectivity index (χ2n) is 7.27. The molecule has 0 saturated heterocycles. The van der Waals surface area contributed by atoms with Crippen molar-refractivity contribution in [1.29, 1.82) is 0 Å². The number of methoxy groups -OCH3 is 1. The van der Waals surface area contributed by atoms with E-state index in [9.17, 15) is 5.11 Å². The van der Waals surface area contributed by atoms with Crippen LogP contribution in [0.3, 0.4) is 0 Å². The van der Waals surface area contributed by atoms with Crippen molar-refractivity contribution in [3.63, 3.8) is 0 Å². The topological polar surface area (TPSA) is 96.6 Å². The number of nitrogens with one attached hydrogen (secondary N) is 2. The van der Waals surface area contributed by atoms with Gasteiger partial charge in [-0.05, 0) is 19.4 Å². The zero-order chi connectivity index (χ0) is 20.1. The second-order valence-corrected chi connectivity index (χ2v) is 7.27. The number of hydrogen-bond acceptors (Lipinski definition) is 5. The first-order valence-corrected chi connectivity index (χ1v) is 9.85. The van der Waals surface area contributed by atoms with Gasteiger partial charge in [-0.3, -0.25) is 0 Å². The van der Waals surface area contributed by atoms with Gasteiger partial charge in [-0.1, -0.05) is 26.0 Å². The Labute approximate surface area is 166 Å². The fourth-order valence-electron chi connectivity index (χ4n) is 3.23. The molecule has 0 aliphatic carbocycles. The molecule has 152 valence electrons. The number of aliphatic imine (C=N–C) groups is 1. The first kappa shape index (κ1) is 20.0. The number of phenols is 1. The predicted octanol–water partition coefficient (Wildman–Crippen LogP) is 2.19. The molecule has 1 aromatic carbocycles. The molecule has 1 aromatic heterocycles. The molecule has 1 unspecified atom stereocenters. The summed E-state index contributed by atoms with van der Waals surface area (Å²) in [5, 5.41) is 21.7. The number of para-hydroxylation sites is 1. The van der Waals surface area contributed by atoms with Crippen molar-refractivity contribution in [3.05, 3.63) is 35.4 Å². The zero-order valence-electron chi connectivity index (χ0n) is 17.1.